The smallest absolute Gasteiger partial charge is 0.337 e. The number of methoxy groups -OCH3 is 1. The highest BCUT2D eigenvalue weighted by Gasteiger charge is 2.15. The fourth-order valence-electron chi connectivity index (χ4n) is 1.54. The Kier molecular flexibility index (Phi) is 5.32. The van der Waals surface area contributed by atoms with Gasteiger partial charge >= 0.3 is 5.97 Å². The van der Waals surface area contributed by atoms with Crippen LogP contribution in [-0.2, 0) is 4.79 Å². The predicted octanol–water partition coefficient (Wildman–Crippen LogP) is 1.32. The lowest BCUT2D eigenvalue weighted by atomic mass is 10.1. The molecule has 0 heterocycles. The molecular formula is C13H18N2O4. The molecule has 1 amide bonds. The number of hydrogen-bond donors (Lipinski definition) is 3. The molecular weight excluding hydrogens is 248 g/mol. The van der Waals surface area contributed by atoms with E-state index < -0.39 is 5.97 Å². The summed E-state index contributed by atoms with van der Waals surface area (Å²) in [5.41, 5.74) is 5.69. The normalized spacial score (nSPS) is 11.7. The molecule has 104 valence electrons. The average Bonchev–Trinajstić information content (AvgIpc) is 2.38. The van der Waals surface area contributed by atoms with Crippen molar-refractivity contribution < 1.29 is 19.4 Å². The summed E-state index contributed by atoms with van der Waals surface area (Å²) in [7, 11) is 1.45. The number of nitrogens with two attached hydrogens (primary N) is 1. The highest BCUT2D eigenvalue weighted by Crippen LogP contribution is 2.22. The molecule has 1 aromatic carbocycles. The van der Waals surface area contributed by atoms with Crippen molar-refractivity contribution in [3.05, 3.63) is 23.8 Å². The van der Waals surface area contributed by atoms with E-state index in [2.05, 4.69) is 5.32 Å². The molecule has 1 aromatic rings. The van der Waals surface area contributed by atoms with Crippen LogP contribution in [0.3, 0.4) is 0 Å². The number of benzene rings is 1. The van der Waals surface area contributed by atoms with Crippen molar-refractivity contribution >= 4 is 17.6 Å². The summed E-state index contributed by atoms with van der Waals surface area (Å²) in [5, 5.41) is 11.7. The van der Waals surface area contributed by atoms with E-state index >= 15 is 0 Å². The van der Waals surface area contributed by atoms with Crippen LogP contribution < -0.4 is 15.8 Å². The molecule has 0 aliphatic carbocycles. The lowest BCUT2D eigenvalue weighted by molar-refractivity contribution is -0.116. The van der Waals surface area contributed by atoms with Gasteiger partial charge in [-0.25, -0.2) is 4.79 Å². The van der Waals surface area contributed by atoms with Crippen LogP contribution in [0.4, 0.5) is 5.69 Å². The molecule has 1 rings (SSSR count). The van der Waals surface area contributed by atoms with Crippen LogP contribution in [0.25, 0.3) is 0 Å². The van der Waals surface area contributed by atoms with Crippen LogP contribution >= 0.6 is 0 Å². The first-order valence-corrected chi connectivity index (χ1v) is 5.89. The second-order valence-electron chi connectivity index (χ2n) is 4.31. The monoisotopic (exact) mass is 266 g/mol. The summed E-state index contributed by atoms with van der Waals surface area (Å²) < 4.78 is 4.95. The topological polar surface area (TPSA) is 102 Å². The second kappa shape index (κ2) is 6.75. The molecule has 0 saturated carbocycles. The first-order valence-electron chi connectivity index (χ1n) is 5.89. The minimum absolute atomic E-state index is 0.00639. The summed E-state index contributed by atoms with van der Waals surface area (Å²) >= 11 is 0. The molecule has 0 spiro atoms. The van der Waals surface area contributed by atoms with Crippen molar-refractivity contribution in [2.75, 3.05) is 19.0 Å². The van der Waals surface area contributed by atoms with Gasteiger partial charge in [0, 0.05) is 6.42 Å². The lowest BCUT2D eigenvalue weighted by Gasteiger charge is -2.12. The number of nitrogens with one attached hydrogen (secondary N) is 1. The minimum atomic E-state index is -1.12. The molecule has 1 unspecified atom stereocenters. The van der Waals surface area contributed by atoms with Crippen LogP contribution in [0.5, 0.6) is 5.75 Å². The average molecular weight is 266 g/mol. The Labute approximate surface area is 111 Å². The number of carbonyl (C=O) groups is 2. The predicted molar refractivity (Wildman–Crippen MR) is 71.4 cm³/mol. The fourth-order valence-corrected chi connectivity index (χ4v) is 1.54. The maximum Gasteiger partial charge on any atom is 0.337 e. The van der Waals surface area contributed by atoms with E-state index in [-0.39, 0.29) is 29.5 Å². The van der Waals surface area contributed by atoms with Crippen LogP contribution in [0.1, 0.15) is 23.7 Å². The Hall–Kier alpha value is -2.08. The molecule has 1 atom stereocenters. The zero-order valence-electron chi connectivity index (χ0n) is 11.0. The molecule has 0 fully saturated rings. The molecule has 6 nitrogen and oxygen atoms in total. The van der Waals surface area contributed by atoms with E-state index in [1.165, 1.54) is 19.2 Å². The molecule has 0 radical (unpaired) electrons. The van der Waals surface area contributed by atoms with E-state index in [0.717, 1.165) is 0 Å². The number of aromatic carboxylic acids is 1. The number of ether oxygens (including phenoxy) is 1. The Balaban J connectivity index is 2.88. The van der Waals surface area contributed by atoms with Gasteiger partial charge in [-0.15, -0.1) is 0 Å². The summed E-state index contributed by atoms with van der Waals surface area (Å²) in [6.45, 7) is 2.26. The molecule has 6 heteroatoms. The first kappa shape index (κ1) is 15.0. The van der Waals surface area contributed by atoms with Crippen LogP contribution in [0.2, 0.25) is 0 Å². The van der Waals surface area contributed by atoms with Gasteiger partial charge in [0.05, 0.1) is 18.4 Å². The maximum absolute atomic E-state index is 11.7. The van der Waals surface area contributed by atoms with Crippen molar-refractivity contribution in [1.29, 1.82) is 0 Å². The van der Waals surface area contributed by atoms with Gasteiger partial charge in [0.1, 0.15) is 5.75 Å². The van der Waals surface area contributed by atoms with E-state index in [1.54, 1.807) is 6.07 Å². The summed E-state index contributed by atoms with van der Waals surface area (Å²) in [6, 6.07) is 4.46. The van der Waals surface area contributed by atoms with Gasteiger partial charge in [-0.3, -0.25) is 4.79 Å². The van der Waals surface area contributed by atoms with Gasteiger partial charge in [-0.1, -0.05) is 6.92 Å². The number of anilines is 1. The largest absolute Gasteiger partial charge is 0.497 e. The highest BCUT2D eigenvalue weighted by molar-refractivity contribution is 6.00. The van der Waals surface area contributed by atoms with Crippen LogP contribution in [-0.4, -0.2) is 30.6 Å². The van der Waals surface area contributed by atoms with Crippen molar-refractivity contribution in [2.45, 2.75) is 13.3 Å². The zero-order valence-corrected chi connectivity index (χ0v) is 11.0. The lowest BCUT2D eigenvalue weighted by Crippen LogP contribution is -2.21. The van der Waals surface area contributed by atoms with Gasteiger partial charge in [0.25, 0.3) is 0 Å². The van der Waals surface area contributed by atoms with E-state index in [0.29, 0.717) is 12.3 Å². The number of hydrogen-bond acceptors (Lipinski definition) is 4. The summed E-state index contributed by atoms with van der Waals surface area (Å²) in [6.07, 6.45) is 0.252. The fraction of sp³-hybridized carbons (Fsp3) is 0.385. The number of carboxylic acid groups (broad SMARTS) is 1. The standard InChI is InChI=1S/C13H18N2O4/c1-8(7-14)5-12(16)15-11-4-3-9(19-2)6-10(11)13(17)18/h3-4,6,8H,5,7,14H2,1-2H3,(H,15,16)(H,17,18). The molecule has 19 heavy (non-hydrogen) atoms. The Morgan fingerprint density at radius 2 is 2.16 bits per heavy atom. The van der Waals surface area contributed by atoms with Gasteiger partial charge in [-0.2, -0.15) is 0 Å². The Morgan fingerprint density at radius 3 is 2.68 bits per heavy atom. The molecule has 0 aliphatic heterocycles. The van der Waals surface area contributed by atoms with Gasteiger partial charge in [-0.05, 0) is 30.7 Å². The molecule has 0 aliphatic rings. The minimum Gasteiger partial charge on any atom is -0.497 e. The Morgan fingerprint density at radius 1 is 1.47 bits per heavy atom. The second-order valence-corrected chi connectivity index (χ2v) is 4.31. The number of rotatable bonds is 6. The number of amides is 1. The third kappa shape index (κ3) is 4.26. The van der Waals surface area contributed by atoms with E-state index in [1.807, 2.05) is 6.92 Å². The number of carboxylic acids is 1. The summed E-state index contributed by atoms with van der Waals surface area (Å²) in [4.78, 5) is 22.8. The Bertz CT molecular complexity index is 474. The molecule has 4 N–H and O–H groups in total. The van der Waals surface area contributed by atoms with Crippen LogP contribution in [0, 0.1) is 5.92 Å². The van der Waals surface area contributed by atoms with Crippen molar-refractivity contribution in [2.24, 2.45) is 11.7 Å². The van der Waals surface area contributed by atoms with E-state index in [4.69, 9.17) is 15.6 Å². The SMILES string of the molecule is COc1ccc(NC(=O)CC(C)CN)c(C(=O)O)c1. The van der Waals surface area contributed by atoms with Crippen molar-refractivity contribution in [1.82, 2.24) is 0 Å². The van der Waals surface area contributed by atoms with Gasteiger partial charge in [0.15, 0.2) is 0 Å². The highest BCUT2D eigenvalue weighted by atomic mass is 16.5. The van der Waals surface area contributed by atoms with Crippen molar-refractivity contribution in [3.63, 3.8) is 0 Å². The van der Waals surface area contributed by atoms with E-state index in [9.17, 15) is 9.59 Å². The molecule has 0 aromatic heterocycles. The van der Waals surface area contributed by atoms with Gasteiger partial charge < -0.3 is 20.9 Å². The number of carbonyl (C=O) groups excluding carboxylic acids is 1. The maximum atomic E-state index is 11.7. The van der Waals surface area contributed by atoms with Gasteiger partial charge in [0.2, 0.25) is 5.91 Å². The zero-order chi connectivity index (χ0) is 14.4. The summed E-state index contributed by atoms with van der Waals surface area (Å²) in [5.74, 6) is -0.913. The molecule has 0 bridgehead atoms. The quantitative estimate of drug-likeness (QED) is 0.720. The first-order chi connectivity index (χ1) is 8.97. The third-order valence-corrected chi connectivity index (χ3v) is 2.67. The van der Waals surface area contributed by atoms with Crippen molar-refractivity contribution in [3.8, 4) is 5.75 Å². The molecule has 0 saturated heterocycles. The third-order valence-electron chi connectivity index (χ3n) is 2.67. The van der Waals surface area contributed by atoms with Crippen LogP contribution in [0.15, 0.2) is 18.2 Å².